The van der Waals surface area contributed by atoms with E-state index in [9.17, 15) is 0 Å². The number of hydrogen-bond acceptors (Lipinski definition) is 3. The van der Waals surface area contributed by atoms with Crippen LogP contribution in [0.5, 0.6) is 11.5 Å². The van der Waals surface area contributed by atoms with Crippen LogP contribution in [0.15, 0.2) is 42.5 Å². The van der Waals surface area contributed by atoms with Gasteiger partial charge in [0.2, 0.25) is 0 Å². The first kappa shape index (κ1) is 18.2. The second kappa shape index (κ2) is 8.24. The molecule has 0 aliphatic heterocycles. The summed E-state index contributed by atoms with van der Waals surface area (Å²) in [4.78, 5) is 0. The highest BCUT2D eigenvalue weighted by Gasteiger charge is 2.29. The van der Waals surface area contributed by atoms with Gasteiger partial charge in [-0.2, -0.15) is 0 Å². The van der Waals surface area contributed by atoms with Crippen LogP contribution < -0.4 is 16.2 Å². The van der Waals surface area contributed by atoms with E-state index in [1.54, 1.807) is 6.07 Å². The number of anilines is 2. The SMILES string of the molecule is Nc1ccc(Oc2ccc(C3CCC(C4CCCCC4)CC3)cc2)c(N)c1. The zero-order valence-electron chi connectivity index (χ0n) is 16.2. The number of benzene rings is 2. The van der Waals surface area contributed by atoms with E-state index in [1.165, 1.54) is 63.4 Å². The zero-order valence-corrected chi connectivity index (χ0v) is 16.2. The molecule has 2 fully saturated rings. The average Bonchev–Trinajstić information content (AvgIpc) is 2.71. The molecule has 0 atom stereocenters. The minimum absolute atomic E-state index is 0.570. The van der Waals surface area contributed by atoms with Gasteiger partial charge in [0.15, 0.2) is 0 Å². The third-order valence-corrected chi connectivity index (χ3v) is 6.70. The quantitative estimate of drug-likeness (QED) is 0.609. The minimum Gasteiger partial charge on any atom is -0.455 e. The summed E-state index contributed by atoms with van der Waals surface area (Å²) in [6.45, 7) is 0. The van der Waals surface area contributed by atoms with Gasteiger partial charge in [-0.15, -0.1) is 0 Å². The van der Waals surface area contributed by atoms with E-state index in [0.29, 0.717) is 23.0 Å². The molecule has 4 rings (SSSR count). The van der Waals surface area contributed by atoms with E-state index in [-0.39, 0.29) is 0 Å². The van der Waals surface area contributed by atoms with Crippen molar-refractivity contribution in [1.29, 1.82) is 0 Å². The predicted molar refractivity (Wildman–Crippen MR) is 113 cm³/mol. The lowest BCUT2D eigenvalue weighted by atomic mass is 9.70. The monoisotopic (exact) mass is 364 g/mol. The fourth-order valence-corrected chi connectivity index (χ4v) is 5.12. The van der Waals surface area contributed by atoms with Crippen LogP contribution in [0.25, 0.3) is 0 Å². The number of hydrogen-bond donors (Lipinski definition) is 2. The molecule has 0 bridgehead atoms. The Kier molecular flexibility index (Phi) is 5.56. The fraction of sp³-hybridized carbons (Fsp3) is 0.500. The van der Waals surface area contributed by atoms with Crippen LogP contribution in [0.4, 0.5) is 11.4 Å². The highest BCUT2D eigenvalue weighted by molar-refractivity contribution is 5.61. The molecule has 2 aliphatic rings. The lowest BCUT2D eigenvalue weighted by molar-refractivity contribution is 0.186. The molecule has 0 unspecified atom stereocenters. The molecule has 0 amide bonds. The average molecular weight is 365 g/mol. The Hall–Kier alpha value is -2.16. The molecule has 0 spiro atoms. The second-order valence-corrected chi connectivity index (χ2v) is 8.48. The topological polar surface area (TPSA) is 61.3 Å². The third-order valence-electron chi connectivity index (χ3n) is 6.70. The molecule has 3 heteroatoms. The Labute approximate surface area is 163 Å². The van der Waals surface area contributed by atoms with Crippen LogP contribution >= 0.6 is 0 Å². The van der Waals surface area contributed by atoms with E-state index in [4.69, 9.17) is 16.2 Å². The molecule has 3 nitrogen and oxygen atoms in total. The summed E-state index contributed by atoms with van der Waals surface area (Å²) in [5, 5.41) is 0. The molecule has 0 radical (unpaired) electrons. The number of ether oxygens (including phenoxy) is 1. The van der Waals surface area contributed by atoms with Crippen molar-refractivity contribution in [2.75, 3.05) is 11.5 Å². The summed E-state index contributed by atoms with van der Waals surface area (Å²) in [5.74, 6) is 4.19. The van der Waals surface area contributed by atoms with Crippen molar-refractivity contribution in [3.63, 3.8) is 0 Å². The summed E-state index contributed by atoms with van der Waals surface area (Å²) >= 11 is 0. The predicted octanol–water partition coefficient (Wildman–Crippen LogP) is 6.50. The highest BCUT2D eigenvalue weighted by atomic mass is 16.5. The van der Waals surface area contributed by atoms with Crippen molar-refractivity contribution in [1.82, 2.24) is 0 Å². The molecule has 27 heavy (non-hydrogen) atoms. The van der Waals surface area contributed by atoms with E-state index in [1.807, 2.05) is 12.1 Å². The first-order chi connectivity index (χ1) is 13.2. The first-order valence-corrected chi connectivity index (χ1v) is 10.6. The maximum absolute atomic E-state index is 5.99. The molecule has 144 valence electrons. The maximum atomic E-state index is 5.99. The van der Waals surface area contributed by atoms with Crippen LogP contribution in [-0.4, -0.2) is 0 Å². The zero-order chi connectivity index (χ0) is 18.6. The molecular formula is C24H32N2O. The smallest absolute Gasteiger partial charge is 0.150 e. The lowest BCUT2D eigenvalue weighted by Crippen LogP contribution is -2.23. The number of nitrogens with two attached hydrogens (primary N) is 2. The Bertz CT molecular complexity index is 741. The van der Waals surface area contributed by atoms with Gasteiger partial charge >= 0.3 is 0 Å². The molecule has 0 heterocycles. The molecular weight excluding hydrogens is 332 g/mol. The van der Waals surface area contributed by atoms with E-state index in [0.717, 1.165) is 17.6 Å². The van der Waals surface area contributed by atoms with Gasteiger partial charge in [0.25, 0.3) is 0 Å². The Morgan fingerprint density at radius 3 is 2.04 bits per heavy atom. The molecule has 4 N–H and O–H groups in total. The van der Waals surface area contributed by atoms with E-state index >= 15 is 0 Å². The van der Waals surface area contributed by atoms with Crippen LogP contribution in [0.1, 0.15) is 69.3 Å². The molecule has 2 aliphatic carbocycles. The van der Waals surface area contributed by atoms with Crippen molar-refractivity contribution in [3.05, 3.63) is 48.0 Å². The summed E-state index contributed by atoms with van der Waals surface area (Å²) in [6, 6.07) is 14.0. The van der Waals surface area contributed by atoms with Crippen molar-refractivity contribution in [2.45, 2.75) is 63.7 Å². The molecule has 0 aromatic heterocycles. The van der Waals surface area contributed by atoms with Gasteiger partial charge < -0.3 is 16.2 Å². The molecule has 2 saturated carbocycles. The molecule has 0 saturated heterocycles. The van der Waals surface area contributed by atoms with Gasteiger partial charge in [-0.05, 0) is 79.3 Å². The largest absolute Gasteiger partial charge is 0.455 e. The summed E-state index contributed by atoms with van der Waals surface area (Å²) in [6.07, 6.45) is 12.9. The Morgan fingerprint density at radius 2 is 1.37 bits per heavy atom. The standard InChI is InChI=1S/C24H32N2O/c25-21-12-15-24(23(26)16-21)27-22-13-10-20(11-14-22)19-8-6-18(7-9-19)17-4-2-1-3-5-17/h10-19H,1-9,25-26H2. The van der Waals surface area contributed by atoms with Gasteiger partial charge in [-0.25, -0.2) is 0 Å². The summed E-state index contributed by atoms with van der Waals surface area (Å²) in [5.41, 5.74) is 14.4. The second-order valence-electron chi connectivity index (χ2n) is 8.48. The summed E-state index contributed by atoms with van der Waals surface area (Å²) < 4.78 is 5.92. The van der Waals surface area contributed by atoms with Crippen LogP contribution in [0, 0.1) is 11.8 Å². The van der Waals surface area contributed by atoms with Crippen molar-refractivity contribution < 1.29 is 4.74 Å². The van der Waals surface area contributed by atoms with Gasteiger partial charge in [0.1, 0.15) is 11.5 Å². The normalized spacial score (nSPS) is 23.9. The molecule has 2 aromatic rings. The fourth-order valence-electron chi connectivity index (χ4n) is 5.12. The Balaban J connectivity index is 1.34. The third kappa shape index (κ3) is 4.40. The van der Waals surface area contributed by atoms with Crippen LogP contribution in [0.3, 0.4) is 0 Å². The van der Waals surface area contributed by atoms with Crippen molar-refractivity contribution in [3.8, 4) is 11.5 Å². The van der Waals surface area contributed by atoms with Gasteiger partial charge in [-0.1, -0.05) is 44.2 Å². The Morgan fingerprint density at radius 1 is 0.704 bits per heavy atom. The maximum Gasteiger partial charge on any atom is 0.150 e. The van der Waals surface area contributed by atoms with E-state index < -0.39 is 0 Å². The van der Waals surface area contributed by atoms with Crippen molar-refractivity contribution >= 4 is 11.4 Å². The number of rotatable bonds is 4. The van der Waals surface area contributed by atoms with Gasteiger partial charge in [-0.3, -0.25) is 0 Å². The van der Waals surface area contributed by atoms with Gasteiger partial charge in [0, 0.05) is 5.69 Å². The van der Waals surface area contributed by atoms with Crippen molar-refractivity contribution in [2.24, 2.45) is 11.8 Å². The van der Waals surface area contributed by atoms with E-state index in [2.05, 4.69) is 24.3 Å². The number of nitrogen functional groups attached to an aromatic ring is 2. The molecule has 2 aromatic carbocycles. The van der Waals surface area contributed by atoms with Crippen LogP contribution in [-0.2, 0) is 0 Å². The highest BCUT2D eigenvalue weighted by Crippen LogP contribution is 2.43. The minimum atomic E-state index is 0.570. The van der Waals surface area contributed by atoms with Crippen LogP contribution in [0.2, 0.25) is 0 Å². The summed E-state index contributed by atoms with van der Waals surface area (Å²) in [7, 11) is 0. The lowest BCUT2D eigenvalue weighted by Gasteiger charge is -2.36. The first-order valence-electron chi connectivity index (χ1n) is 10.6. The van der Waals surface area contributed by atoms with Gasteiger partial charge in [0.05, 0.1) is 5.69 Å².